The van der Waals surface area contributed by atoms with Crippen LogP contribution in [0.15, 0.2) is 18.2 Å². The number of carbonyl (C=O) groups is 1. The number of anilines is 1. The Hall–Kier alpha value is -1.69. The number of nitro groups is 1. The maximum atomic E-state index is 13.1. The first-order chi connectivity index (χ1) is 7.99. The van der Waals surface area contributed by atoms with E-state index in [1.807, 2.05) is 0 Å². The van der Waals surface area contributed by atoms with Crippen molar-refractivity contribution in [3.8, 4) is 0 Å². The predicted molar refractivity (Wildman–Crippen MR) is 59.7 cm³/mol. The van der Waals surface area contributed by atoms with Crippen molar-refractivity contribution in [1.82, 2.24) is 0 Å². The standard InChI is InChI=1S/C10H8ClFN2O3/c11-6-3-10(15)13(5-6)7-1-2-8(12)9(4-7)14(16)17/h1-2,4,6H,3,5H2. The second-order valence-electron chi connectivity index (χ2n) is 3.70. The molecule has 7 heteroatoms. The molecular formula is C10H8ClFN2O3. The van der Waals surface area contributed by atoms with Gasteiger partial charge in [-0.15, -0.1) is 11.6 Å². The summed E-state index contributed by atoms with van der Waals surface area (Å²) in [6.07, 6.45) is 0.187. The number of amides is 1. The van der Waals surface area contributed by atoms with Crippen LogP contribution in [-0.4, -0.2) is 22.8 Å². The summed E-state index contributed by atoms with van der Waals surface area (Å²) < 4.78 is 13.1. The van der Waals surface area contributed by atoms with Crippen LogP contribution in [0.4, 0.5) is 15.8 Å². The number of nitro benzene ring substituents is 1. The minimum atomic E-state index is -0.923. The third-order valence-corrected chi connectivity index (χ3v) is 2.81. The highest BCUT2D eigenvalue weighted by Gasteiger charge is 2.30. The van der Waals surface area contributed by atoms with E-state index in [2.05, 4.69) is 0 Å². The van der Waals surface area contributed by atoms with E-state index in [1.54, 1.807) is 0 Å². The normalized spacial score (nSPS) is 19.8. The van der Waals surface area contributed by atoms with Crippen molar-refractivity contribution in [2.24, 2.45) is 0 Å². The Morgan fingerprint density at radius 2 is 2.24 bits per heavy atom. The summed E-state index contributed by atoms with van der Waals surface area (Å²) in [5.41, 5.74) is -0.348. The zero-order chi connectivity index (χ0) is 12.6. The number of halogens is 2. The van der Waals surface area contributed by atoms with Crippen LogP contribution in [0.1, 0.15) is 6.42 Å². The van der Waals surface area contributed by atoms with E-state index in [0.29, 0.717) is 5.69 Å². The second kappa shape index (κ2) is 4.29. The monoisotopic (exact) mass is 258 g/mol. The molecule has 1 fully saturated rings. The first-order valence-electron chi connectivity index (χ1n) is 4.87. The van der Waals surface area contributed by atoms with Crippen molar-refractivity contribution in [1.29, 1.82) is 0 Å². The fourth-order valence-electron chi connectivity index (χ4n) is 1.72. The zero-order valence-electron chi connectivity index (χ0n) is 8.60. The summed E-state index contributed by atoms with van der Waals surface area (Å²) in [6, 6.07) is 3.35. The van der Waals surface area contributed by atoms with E-state index in [-0.39, 0.29) is 24.2 Å². The smallest absolute Gasteiger partial charge is 0.306 e. The van der Waals surface area contributed by atoms with E-state index in [9.17, 15) is 19.3 Å². The molecule has 1 unspecified atom stereocenters. The predicted octanol–water partition coefficient (Wildman–Crippen LogP) is 2.08. The molecule has 0 aromatic heterocycles. The summed E-state index contributed by atoms with van der Waals surface area (Å²) in [7, 11) is 0. The molecule has 1 aliphatic rings. The van der Waals surface area contributed by atoms with Crippen molar-refractivity contribution < 1.29 is 14.1 Å². The number of alkyl halides is 1. The second-order valence-corrected chi connectivity index (χ2v) is 4.32. The maximum Gasteiger partial charge on any atom is 0.306 e. The van der Waals surface area contributed by atoms with E-state index in [4.69, 9.17) is 11.6 Å². The Morgan fingerprint density at radius 1 is 1.53 bits per heavy atom. The highest BCUT2D eigenvalue weighted by molar-refractivity contribution is 6.24. The van der Waals surface area contributed by atoms with Crippen molar-refractivity contribution in [2.45, 2.75) is 11.8 Å². The quantitative estimate of drug-likeness (QED) is 0.463. The molecule has 1 aliphatic heterocycles. The number of benzene rings is 1. The van der Waals surface area contributed by atoms with Crippen LogP contribution in [-0.2, 0) is 4.79 Å². The van der Waals surface area contributed by atoms with Crippen molar-refractivity contribution in [3.05, 3.63) is 34.1 Å². The molecule has 17 heavy (non-hydrogen) atoms. The third-order valence-electron chi connectivity index (χ3n) is 2.52. The molecular weight excluding hydrogens is 251 g/mol. The van der Waals surface area contributed by atoms with Gasteiger partial charge in [-0.3, -0.25) is 14.9 Å². The van der Waals surface area contributed by atoms with Gasteiger partial charge in [0.2, 0.25) is 11.7 Å². The highest BCUT2D eigenvalue weighted by atomic mass is 35.5. The Morgan fingerprint density at radius 3 is 2.76 bits per heavy atom. The Balaban J connectivity index is 2.37. The average molecular weight is 259 g/mol. The summed E-state index contributed by atoms with van der Waals surface area (Å²) in [5, 5.41) is 10.3. The molecule has 0 spiro atoms. The largest absolute Gasteiger partial charge is 0.311 e. The first kappa shape index (κ1) is 11.8. The summed E-state index contributed by atoms with van der Waals surface area (Å²) >= 11 is 5.81. The molecule has 0 N–H and O–H groups in total. The topological polar surface area (TPSA) is 63.5 Å². The van der Waals surface area contributed by atoms with Gasteiger partial charge in [0.15, 0.2) is 0 Å². The molecule has 0 bridgehead atoms. The van der Waals surface area contributed by atoms with Gasteiger partial charge in [0.05, 0.1) is 16.0 Å². The fraction of sp³-hybridized carbons (Fsp3) is 0.300. The SMILES string of the molecule is O=C1CC(Cl)CN1c1ccc(F)c([N+](=O)[O-])c1. The van der Waals surface area contributed by atoms with Crippen LogP contribution in [0.2, 0.25) is 0 Å². The van der Waals surface area contributed by atoms with Gasteiger partial charge in [-0.05, 0) is 12.1 Å². The molecule has 90 valence electrons. The number of rotatable bonds is 2. The van der Waals surface area contributed by atoms with Crippen LogP contribution in [0.5, 0.6) is 0 Å². The van der Waals surface area contributed by atoms with Crippen LogP contribution in [0.25, 0.3) is 0 Å². The zero-order valence-corrected chi connectivity index (χ0v) is 9.35. The molecule has 2 rings (SSSR count). The molecule has 1 saturated heterocycles. The molecule has 0 radical (unpaired) electrons. The lowest BCUT2D eigenvalue weighted by Crippen LogP contribution is -2.24. The van der Waals surface area contributed by atoms with Gasteiger partial charge in [0.1, 0.15) is 0 Å². The average Bonchev–Trinajstić information content (AvgIpc) is 2.58. The summed E-state index contributed by atoms with van der Waals surface area (Å²) in [5.74, 6) is -1.14. The number of hydrogen-bond donors (Lipinski definition) is 0. The van der Waals surface area contributed by atoms with Gasteiger partial charge in [0, 0.05) is 19.0 Å². The number of hydrogen-bond acceptors (Lipinski definition) is 3. The van der Waals surface area contributed by atoms with E-state index < -0.39 is 16.4 Å². The minimum absolute atomic E-state index is 0.187. The van der Waals surface area contributed by atoms with E-state index in [0.717, 1.165) is 12.1 Å². The van der Waals surface area contributed by atoms with Gasteiger partial charge in [0.25, 0.3) is 0 Å². The van der Waals surface area contributed by atoms with Crippen LogP contribution in [0.3, 0.4) is 0 Å². The Kier molecular flexibility index (Phi) is 2.97. The highest BCUT2D eigenvalue weighted by Crippen LogP contribution is 2.28. The van der Waals surface area contributed by atoms with E-state index in [1.165, 1.54) is 11.0 Å². The van der Waals surface area contributed by atoms with Crippen molar-refractivity contribution >= 4 is 28.9 Å². The van der Waals surface area contributed by atoms with Crippen LogP contribution < -0.4 is 4.90 Å². The summed E-state index contributed by atoms with van der Waals surface area (Å²) in [4.78, 5) is 22.6. The van der Waals surface area contributed by atoms with Crippen molar-refractivity contribution in [2.75, 3.05) is 11.4 Å². The van der Waals surface area contributed by atoms with Gasteiger partial charge in [-0.25, -0.2) is 0 Å². The van der Waals surface area contributed by atoms with Gasteiger partial charge < -0.3 is 4.90 Å². The molecule has 0 aliphatic carbocycles. The molecule has 5 nitrogen and oxygen atoms in total. The summed E-state index contributed by atoms with van der Waals surface area (Å²) in [6.45, 7) is 0.281. The lowest BCUT2D eigenvalue weighted by atomic mass is 10.2. The molecule has 1 amide bonds. The molecule has 1 aromatic rings. The van der Waals surface area contributed by atoms with Gasteiger partial charge >= 0.3 is 5.69 Å². The Labute approximate surface area is 101 Å². The first-order valence-corrected chi connectivity index (χ1v) is 5.31. The number of carbonyl (C=O) groups excluding carboxylic acids is 1. The lowest BCUT2D eigenvalue weighted by Gasteiger charge is -2.15. The van der Waals surface area contributed by atoms with E-state index >= 15 is 0 Å². The molecule has 1 heterocycles. The minimum Gasteiger partial charge on any atom is -0.311 e. The maximum absolute atomic E-state index is 13.1. The fourth-order valence-corrected chi connectivity index (χ4v) is 1.99. The lowest BCUT2D eigenvalue weighted by molar-refractivity contribution is -0.387. The Bertz CT molecular complexity index is 494. The van der Waals surface area contributed by atoms with Crippen LogP contribution >= 0.6 is 11.6 Å². The molecule has 1 aromatic carbocycles. The van der Waals surface area contributed by atoms with Gasteiger partial charge in [-0.2, -0.15) is 4.39 Å². The molecule has 1 atom stereocenters. The molecule has 0 saturated carbocycles. The number of nitrogens with zero attached hydrogens (tertiary/aromatic N) is 2. The van der Waals surface area contributed by atoms with Gasteiger partial charge in [-0.1, -0.05) is 0 Å². The van der Waals surface area contributed by atoms with Crippen LogP contribution in [0, 0.1) is 15.9 Å². The van der Waals surface area contributed by atoms with Crippen molar-refractivity contribution in [3.63, 3.8) is 0 Å². The third kappa shape index (κ3) is 2.21.